The molecule has 0 amide bonds. The molecule has 0 spiro atoms. The van der Waals surface area contributed by atoms with Crippen LogP contribution in [0.2, 0.25) is 0 Å². The fraction of sp³-hybridized carbons (Fsp3) is 0.647. The maximum atomic E-state index is 5.91. The largest absolute Gasteiger partial charge is 0.378 e. The van der Waals surface area contributed by atoms with E-state index in [4.69, 9.17) is 4.74 Å². The number of hydrogen-bond acceptors (Lipinski definition) is 1. The molecule has 1 aliphatic rings. The molecule has 0 radical (unpaired) electrons. The van der Waals surface area contributed by atoms with Crippen molar-refractivity contribution in [3.05, 3.63) is 35.4 Å². The molecule has 100 valence electrons. The highest BCUT2D eigenvalue weighted by molar-refractivity contribution is 5.23. The van der Waals surface area contributed by atoms with Gasteiger partial charge in [0.05, 0.1) is 5.60 Å². The average molecular weight is 246 g/mol. The van der Waals surface area contributed by atoms with Gasteiger partial charge >= 0.3 is 0 Å². The van der Waals surface area contributed by atoms with Crippen LogP contribution in [-0.2, 0) is 11.2 Å². The Morgan fingerprint density at radius 3 is 2.28 bits per heavy atom. The van der Waals surface area contributed by atoms with Gasteiger partial charge in [-0.2, -0.15) is 0 Å². The number of ether oxygens (including phenoxy) is 1. The van der Waals surface area contributed by atoms with Crippen molar-refractivity contribution >= 4 is 0 Å². The van der Waals surface area contributed by atoms with Gasteiger partial charge < -0.3 is 4.74 Å². The van der Waals surface area contributed by atoms with Crippen LogP contribution >= 0.6 is 0 Å². The van der Waals surface area contributed by atoms with E-state index in [1.165, 1.54) is 43.2 Å². The first kappa shape index (κ1) is 13.6. The summed E-state index contributed by atoms with van der Waals surface area (Å²) in [6, 6.07) is 8.91. The Labute approximate surface area is 112 Å². The Kier molecular flexibility index (Phi) is 4.45. The minimum Gasteiger partial charge on any atom is -0.378 e. The normalized spacial score (nSPS) is 28.3. The highest BCUT2D eigenvalue weighted by Crippen LogP contribution is 2.38. The van der Waals surface area contributed by atoms with Crippen molar-refractivity contribution in [2.75, 3.05) is 7.11 Å². The monoisotopic (exact) mass is 246 g/mol. The standard InChI is InChI=1S/C17H26O/c1-4-15-9-11-17(18-3,12-10-15)13-16-7-5-14(2)6-8-16/h5-8,15H,4,9-13H2,1-3H3. The summed E-state index contributed by atoms with van der Waals surface area (Å²) in [5.41, 5.74) is 2.85. The summed E-state index contributed by atoms with van der Waals surface area (Å²) in [4.78, 5) is 0. The fourth-order valence-corrected chi connectivity index (χ4v) is 3.14. The van der Waals surface area contributed by atoms with Gasteiger partial charge in [0.25, 0.3) is 0 Å². The molecule has 0 saturated heterocycles. The molecule has 1 aliphatic carbocycles. The lowest BCUT2D eigenvalue weighted by Crippen LogP contribution is -2.38. The van der Waals surface area contributed by atoms with E-state index in [0.717, 1.165) is 12.3 Å². The molecule has 0 unspecified atom stereocenters. The molecule has 0 aromatic heterocycles. The second-order valence-electron chi connectivity index (χ2n) is 5.90. The summed E-state index contributed by atoms with van der Waals surface area (Å²) in [6.45, 7) is 4.45. The summed E-state index contributed by atoms with van der Waals surface area (Å²) in [7, 11) is 1.89. The van der Waals surface area contributed by atoms with Crippen LogP contribution in [0.25, 0.3) is 0 Å². The Bertz CT molecular complexity index is 358. The van der Waals surface area contributed by atoms with Crippen molar-refractivity contribution < 1.29 is 4.74 Å². The molecule has 0 heterocycles. The molecule has 2 rings (SSSR count). The molecule has 1 nitrogen and oxygen atoms in total. The third-order valence-electron chi connectivity index (χ3n) is 4.67. The molecule has 1 heteroatoms. The molecule has 1 fully saturated rings. The number of rotatable bonds is 4. The first-order valence-electron chi connectivity index (χ1n) is 7.28. The smallest absolute Gasteiger partial charge is 0.0719 e. The summed E-state index contributed by atoms with van der Waals surface area (Å²) in [5.74, 6) is 0.922. The first-order chi connectivity index (χ1) is 8.67. The molecule has 1 aromatic rings. The Morgan fingerprint density at radius 1 is 1.17 bits per heavy atom. The number of benzene rings is 1. The van der Waals surface area contributed by atoms with Crippen LogP contribution in [0.5, 0.6) is 0 Å². The van der Waals surface area contributed by atoms with E-state index < -0.39 is 0 Å². The lowest BCUT2D eigenvalue weighted by molar-refractivity contribution is -0.0488. The Balaban J connectivity index is 2.03. The van der Waals surface area contributed by atoms with Crippen molar-refractivity contribution in [2.45, 2.75) is 58.0 Å². The van der Waals surface area contributed by atoms with Gasteiger partial charge in [-0.1, -0.05) is 43.2 Å². The van der Waals surface area contributed by atoms with Gasteiger partial charge in [-0.25, -0.2) is 0 Å². The highest BCUT2D eigenvalue weighted by Gasteiger charge is 2.34. The van der Waals surface area contributed by atoms with Gasteiger partial charge in [-0.3, -0.25) is 0 Å². The maximum absolute atomic E-state index is 5.91. The first-order valence-corrected chi connectivity index (χ1v) is 7.28. The Morgan fingerprint density at radius 2 is 1.78 bits per heavy atom. The third-order valence-corrected chi connectivity index (χ3v) is 4.67. The van der Waals surface area contributed by atoms with E-state index >= 15 is 0 Å². The molecule has 1 aromatic carbocycles. The van der Waals surface area contributed by atoms with Crippen molar-refractivity contribution in [1.82, 2.24) is 0 Å². The van der Waals surface area contributed by atoms with Gasteiger partial charge in [-0.05, 0) is 44.1 Å². The molecule has 0 atom stereocenters. The topological polar surface area (TPSA) is 9.23 Å². The van der Waals surface area contributed by atoms with Crippen LogP contribution in [0.15, 0.2) is 24.3 Å². The van der Waals surface area contributed by atoms with Crippen LogP contribution in [0.4, 0.5) is 0 Å². The van der Waals surface area contributed by atoms with Gasteiger partial charge in [0.15, 0.2) is 0 Å². The molecule has 18 heavy (non-hydrogen) atoms. The van der Waals surface area contributed by atoms with Crippen molar-refractivity contribution in [3.8, 4) is 0 Å². The number of hydrogen-bond donors (Lipinski definition) is 0. The molecule has 0 N–H and O–H groups in total. The van der Waals surface area contributed by atoms with Crippen molar-refractivity contribution in [3.63, 3.8) is 0 Å². The number of methoxy groups -OCH3 is 1. The SMILES string of the molecule is CCC1CCC(Cc2ccc(C)cc2)(OC)CC1. The van der Waals surface area contributed by atoms with E-state index in [1.54, 1.807) is 0 Å². The zero-order valence-corrected chi connectivity index (χ0v) is 12.0. The lowest BCUT2D eigenvalue weighted by atomic mass is 9.75. The van der Waals surface area contributed by atoms with Crippen LogP contribution in [0.3, 0.4) is 0 Å². The Hall–Kier alpha value is -0.820. The minimum atomic E-state index is 0.0981. The summed E-state index contributed by atoms with van der Waals surface area (Å²) in [6.07, 6.45) is 7.49. The minimum absolute atomic E-state index is 0.0981. The second-order valence-corrected chi connectivity index (χ2v) is 5.90. The van der Waals surface area contributed by atoms with E-state index in [9.17, 15) is 0 Å². The van der Waals surface area contributed by atoms with Gasteiger partial charge in [0.1, 0.15) is 0 Å². The van der Waals surface area contributed by atoms with Crippen LogP contribution in [0, 0.1) is 12.8 Å². The predicted octanol–water partition coefficient (Wildman–Crippen LogP) is 4.52. The fourth-order valence-electron chi connectivity index (χ4n) is 3.14. The molecular weight excluding hydrogens is 220 g/mol. The molecular formula is C17H26O. The zero-order chi connectivity index (χ0) is 13.0. The summed E-state index contributed by atoms with van der Waals surface area (Å²) >= 11 is 0. The highest BCUT2D eigenvalue weighted by atomic mass is 16.5. The third kappa shape index (κ3) is 3.14. The van der Waals surface area contributed by atoms with E-state index in [0.29, 0.717) is 0 Å². The van der Waals surface area contributed by atoms with Crippen LogP contribution < -0.4 is 0 Å². The van der Waals surface area contributed by atoms with E-state index in [-0.39, 0.29) is 5.60 Å². The summed E-state index contributed by atoms with van der Waals surface area (Å²) < 4.78 is 5.91. The molecule has 1 saturated carbocycles. The average Bonchev–Trinajstić information content (AvgIpc) is 2.42. The van der Waals surface area contributed by atoms with Crippen LogP contribution in [0.1, 0.15) is 50.2 Å². The van der Waals surface area contributed by atoms with Gasteiger partial charge in [0, 0.05) is 13.5 Å². The summed E-state index contributed by atoms with van der Waals surface area (Å²) in [5, 5.41) is 0. The second kappa shape index (κ2) is 5.88. The van der Waals surface area contributed by atoms with Crippen LogP contribution in [-0.4, -0.2) is 12.7 Å². The van der Waals surface area contributed by atoms with E-state index in [1.807, 2.05) is 7.11 Å². The quantitative estimate of drug-likeness (QED) is 0.759. The maximum Gasteiger partial charge on any atom is 0.0719 e. The van der Waals surface area contributed by atoms with Crippen molar-refractivity contribution in [1.29, 1.82) is 0 Å². The predicted molar refractivity (Wildman–Crippen MR) is 76.9 cm³/mol. The van der Waals surface area contributed by atoms with Crippen molar-refractivity contribution in [2.24, 2.45) is 5.92 Å². The molecule has 0 aliphatic heterocycles. The molecule has 0 bridgehead atoms. The van der Waals surface area contributed by atoms with E-state index in [2.05, 4.69) is 38.1 Å². The number of aryl methyl sites for hydroxylation is 1. The zero-order valence-electron chi connectivity index (χ0n) is 12.0. The van der Waals surface area contributed by atoms with Gasteiger partial charge in [-0.15, -0.1) is 0 Å². The lowest BCUT2D eigenvalue weighted by Gasteiger charge is -2.39. The van der Waals surface area contributed by atoms with Gasteiger partial charge in [0.2, 0.25) is 0 Å².